The molecule has 162 valence electrons. The summed E-state index contributed by atoms with van der Waals surface area (Å²) in [5.41, 5.74) is 6.42. The molecule has 31 heavy (non-hydrogen) atoms. The number of nitrogens with zero attached hydrogens (tertiary/aromatic N) is 2. The number of hydrogen-bond donors (Lipinski definition) is 1. The molecule has 0 bridgehead atoms. The van der Waals surface area contributed by atoms with E-state index in [1.54, 1.807) is 0 Å². The van der Waals surface area contributed by atoms with Gasteiger partial charge in [-0.2, -0.15) is 0 Å². The standard InChI is InChI=1S/C27H33N3O/c1-28-16-15-27(23-10-4-3-5-11-23)31-21-22-9-8-13-25(19-22)30-18-17-29(2)26-14-7-6-12-24(26)20-30/h3-14,19,27-28H,15-18,20-21H2,1-2H3. The van der Waals surface area contributed by atoms with Crippen LogP contribution in [0.2, 0.25) is 0 Å². The van der Waals surface area contributed by atoms with Crippen LogP contribution in [0.25, 0.3) is 0 Å². The average Bonchev–Trinajstić information content (AvgIpc) is 2.99. The van der Waals surface area contributed by atoms with Crippen molar-refractivity contribution in [1.29, 1.82) is 0 Å². The van der Waals surface area contributed by atoms with Crippen molar-refractivity contribution >= 4 is 11.4 Å². The predicted molar refractivity (Wildman–Crippen MR) is 130 cm³/mol. The molecule has 0 spiro atoms. The number of likely N-dealkylation sites (N-methyl/N-ethyl adjacent to an activating group) is 1. The maximum Gasteiger partial charge on any atom is 0.0841 e. The number of ether oxygens (including phenoxy) is 1. The van der Waals surface area contributed by atoms with Gasteiger partial charge in [0.2, 0.25) is 0 Å². The van der Waals surface area contributed by atoms with Gasteiger partial charge in [-0.3, -0.25) is 0 Å². The van der Waals surface area contributed by atoms with Crippen LogP contribution >= 0.6 is 0 Å². The second kappa shape index (κ2) is 10.5. The number of benzene rings is 3. The van der Waals surface area contributed by atoms with Crippen LogP contribution in [0.1, 0.15) is 29.2 Å². The Morgan fingerprint density at radius 1 is 0.935 bits per heavy atom. The molecule has 3 aromatic carbocycles. The molecular weight excluding hydrogens is 382 g/mol. The van der Waals surface area contributed by atoms with Crippen LogP contribution < -0.4 is 15.1 Å². The normalized spacial score (nSPS) is 14.8. The second-order valence-corrected chi connectivity index (χ2v) is 8.24. The molecule has 0 radical (unpaired) electrons. The Labute approximate surface area is 186 Å². The van der Waals surface area contributed by atoms with E-state index < -0.39 is 0 Å². The first-order chi connectivity index (χ1) is 15.2. The molecule has 0 aliphatic carbocycles. The lowest BCUT2D eigenvalue weighted by Gasteiger charge is -2.24. The molecule has 0 fully saturated rings. The third kappa shape index (κ3) is 5.46. The largest absolute Gasteiger partial charge is 0.373 e. The Morgan fingerprint density at radius 3 is 2.58 bits per heavy atom. The number of fused-ring (bicyclic) bond motifs is 1. The molecule has 1 heterocycles. The second-order valence-electron chi connectivity index (χ2n) is 8.24. The highest BCUT2D eigenvalue weighted by Crippen LogP contribution is 2.28. The smallest absolute Gasteiger partial charge is 0.0841 e. The van der Waals surface area contributed by atoms with Crippen LogP contribution in [0.5, 0.6) is 0 Å². The summed E-state index contributed by atoms with van der Waals surface area (Å²) in [6, 6.07) is 28.1. The quantitative estimate of drug-likeness (QED) is 0.560. The van der Waals surface area contributed by atoms with Crippen molar-refractivity contribution in [3.05, 3.63) is 95.6 Å². The molecule has 0 amide bonds. The van der Waals surface area contributed by atoms with E-state index in [1.165, 1.54) is 28.1 Å². The van der Waals surface area contributed by atoms with Gasteiger partial charge in [-0.05, 0) is 54.9 Å². The van der Waals surface area contributed by atoms with Crippen LogP contribution in [0.3, 0.4) is 0 Å². The van der Waals surface area contributed by atoms with E-state index in [9.17, 15) is 0 Å². The molecule has 1 aliphatic heterocycles. The van der Waals surface area contributed by atoms with Crippen LogP contribution in [-0.2, 0) is 17.9 Å². The van der Waals surface area contributed by atoms with Gasteiger partial charge in [0.05, 0.1) is 12.7 Å². The Balaban J connectivity index is 1.47. The third-order valence-electron chi connectivity index (χ3n) is 6.02. The van der Waals surface area contributed by atoms with Crippen molar-refractivity contribution in [2.24, 2.45) is 0 Å². The summed E-state index contributed by atoms with van der Waals surface area (Å²) in [4.78, 5) is 4.83. The van der Waals surface area contributed by atoms with E-state index in [4.69, 9.17) is 4.74 Å². The average molecular weight is 416 g/mol. The SMILES string of the molecule is CNCCC(OCc1cccc(N2CCN(C)c3ccccc3C2)c1)c1ccccc1. The first-order valence-corrected chi connectivity index (χ1v) is 11.2. The van der Waals surface area contributed by atoms with Crippen LogP contribution in [0, 0.1) is 0 Å². The number of para-hydroxylation sites is 1. The predicted octanol–water partition coefficient (Wildman–Crippen LogP) is 5.01. The van der Waals surface area contributed by atoms with Crippen molar-refractivity contribution in [2.45, 2.75) is 25.7 Å². The lowest BCUT2D eigenvalue weighted by Crippen LogP contribution is -2.29. The lowest BCUT2D eigenvalue weighted by atomic mass is 10.1. The van der Waals surface area contributed by atoms with Crippen molar-refractivity contribution in [3.8, 4) is 0 Å². The van der Waals surface area contributed by atoms with Crippen LogP contribution in [-0.4, -0.2) is 33.7 Å². The topological polar surface area (TPSA) is 27.7 Å². The van der Waals surface area contributed by atoms with Crippen LogP contribution in [0.4, 0.5) is 11.4 Å². The van der Waals surface area contributed by atoms with Gasteiger partial charge in [0.15, 0.2) is 0 Å². The highest BCUT2D eigenvalue weighted by atomic mass is 16.5. The van der Waals surface area contributed by atoms with E-state index in [1.807, 2.05) is 7.05 Å². The molecule has 4 heteroatoms. The van der Waals surface area contributed by atoms with Gasteiger partial charge in [0.25, 0.3) is 0 Å². The molecule has 3 aromatic rings. The molecule has 0 saturated heterocycles. The van der Waals surface area contributed by atoms with Crippen molar-refractivity contribution in [2.75, 3.05) is 43.5 Å². The van der Waals surface area contributed by atoms with E-state index in [0.29, 0.717) is 6.61 Å². The Kier molecular flexibility index (Phi) is 7.23. The number of anilines is 2. The molecular formula is C27H33N3O. The first-order valence-electron chi connectivity index (χ1n) is 11.2. The molecule has 1 unspecified atom stereocenters. The Bertz CT molecular complexity index is 959. The van der Waals surface area contributed by atoms with E-state index in [-0.39, 0.29) is 6.10 Å². The van der Waals surface area contributed by atoms with Crippen molar-refractivity contribution < 1.29 is 4.74 Å². The summed E-state index contributed by atoms with van der Waals surface area (Å²) >= 11 is 0. The third-order valence-corrected chi connectivity index (χ3v) is 6.02. The molecule has 1 atom stereocenters. The fraction of sp³-hybridized carbons (Fsp3) is 0.333. The van der Waals surface area contributed by atoms with Crippen molar-refractivity contribution in [1.82, 2.24) is 5.32 Å². The summed E-state index contributed by atoms with van der Waals surface area (Å²) in [6.07, 6.45) is 1.05. The zero-order valence-electron chi connectivity index (χ0n) is 18.6. The molecule has 0 saturated carbocycles. The fourth-order valence-electron chi connectivity index (χ4n) is 4.24. The summed E-state index contributed by atoms with van der Waals surface area (Å²) < 4.78 is 6.39. The van der Waals surface area contributed by atoms with E-state index in [0.717, 1.165) is 32.6 Å². The van der Waals surface area contributed by atoms with Crippen molar-refractivity contribution in [3.63, 3.8) is 0 Å². The van der Waals surface area contributed by atoms with Gasteiger partial charge in [0, 0.05) is 38.1 Å². The maximum absolute atomic E-state index is 6.39. The van der Waals surface area contributed by atoms with Gasteiger partial charge in [-0.1, -0.05) is 60.7 Å². The van der Waals surface area contributed by atoms with E-state index >= 15 is 0 Å². The zero-order valence-corrected chi connectivity index (χ0v) is 18.6. The van der Waals surface area contributed by atoms with Gasteiger partial charge < -0.3 is 19.9 Å². The lowest BCUT2D eigenvalue weighted by molar-refractivity contribution is 0.0344. The van der Waals surface area contributed by atoms with Gasteiger partial charge >= 0.3 is 0 Å². The minimum Gasteiger partial charge on any atom is -0.373 e. The molecule has 1 N–H and O–H groups in total. The number of nitrogens with one attached hydrogen (secondary N) is 1. The zero-order chi connectivity index (χ0) is 21.5. The maximum atomic E-state index is 6.39. The minimum atomic E-state index is 0.0935. The van der Waals surface area contributed by atoms with Gasteiger partial charge in [-0.25, -0.2) is 0 Å². The Morgan fingerprint density at radius 2 is 1.74 bits per heavy atom. The van der Waals surface area contributed by atoms with E-state index in [2.05, 4.69) is 101 Å². The molecule has 0 aromatic heterocycles. The number of hydrogen-bond acceptors (Lipinski definition) is 4. The summed E-state index contributed by atoms with van der Waals surface area (Å²) in [7, 11) is 4.17. The summed E-state index contributed by atoms with van der Waals surface area (Å²) in [5.74, 6) is 0. The molecule has 4 rings (SSSR count). The highest BCUT2D eigenvalue weighted by Gasteiger charge is 2.18. The van der Waals surface area contributed by atoms with Crippen LogP contribution in [0.15, 0.2) is 78.9 Å². The summed E-state index contributed by atoms with van der Waals surface area (Å²) in [5, 5.41) is 3.25. The highest BCUT2D eigenvalue weighted by molar-refractivity contribution is 5.58. The number of rotatable bonds is 8. The minimum absolute atomic E-state index is 0.0935. The fourth-order valence-corrected chi connectivity index (χ4v) is 4.24. The Hall–Kier alpha value is -2.82. The summed E-state index contributed by atoms with van der Waals surface area (Å²) in [6.45, 7) is 4.49. The molecule has 1 aliphatic rings. The monoisotopic (exact) mass is 415 g/mol. The van der Waals surface area contributed by atoms with Gasteiger partial charge in [-0.15, -0.1) is 0 Å². The van der Waals surface area contributed by atoms with Gasteiger partial charge in [0.1, 0.15) is 0 Å². The molecule has 4 nitrogen and oxygen atoms in total. The first kappa shape index (κ1) is 21.4.